The predicted molar refractivity (Wildman–Crippen MR) is 98.5 cm³/mol. The Morgan fingerprint density at radius 2 is 2.16 bits per heavy atom. The number of carbonyl (C=O) groups excluding carboxylic acids is 1. The van der Waals surface area contributed by atoms with Crippen LogP contribution in [0.15, 0.2) is 24.3 Å². The van der Waals surface area contributed by atoms with Crippen molar-refractivity contribution in [2.24, 2.45) is 5.73 Å². The second-order valence-electron chi connectivity index (χ2n) is 6.80. The monoisotopic (exact) mass is 349 g/mol. The Hall–Kier alpha value is -1.63. The maximum absolute atomic E-state index is 12.2. The minimum Gasteiger partial charge on any atom is -0.492 e. The molecule has 0 radical (unpaired) electrons. The summed E-state index contributed by atoms with van der Waals surface area (Å²) in [5.74, 6) is 0.706. The topological polar surface area (TPSA) is 76.8 Å². The maximum Gasteiger partial charge on any atom is 0.240 e. The number of hydrogen-bond donors (Lipinski definition) is 2. The highest BCUT2D eigenvalue weighted by atomic mass is 16.5. The average molecular weight is 349 g/mol. The molecule has 1 atom stereocenters. The Morgan fingerprint density at radius 3 is 2.88 bits per heavy atom. The molecule has 1 saturated heterocycles. The molecule has 1 amide bonds. The van der Waals surface area contributed by atoms with Crippen LogP contribution in [-0.4, -0.2) is 55.8 Å². The summed E-state index contributed by atoms with van der Waals surface area (Å²) >= 11 is 0. The van der Waals surface area contributed by atoms with Gasteiger partial charge in [-0.1, -0.05) is 25.5 Å². The van der Waals surface area contributed by atoms with Crippen molar-refractivity contribution in [2.45, 2.75) is 38.8 Å². The lowest BCUT2D eigenvalue weighted by Gasteiger charge is -2.26. The summed E-state index contributed by atoms with van der Waals surface area (Å²) < 4.78 is 11.2. The second-order valence-corrected chi connectivity index (χ2v) is 6.80. The van der Waals surface area contributed by atoms with Gasteiger partial charge in [-0.2, -0.15) is 0 Å². The Morgan fingerprint density at radius 1 is 1.40 bits per heavy atom. The third-order valence-corrected chi connectivity index (χ3v) is 4.42. The van der Waals surface area contributed by atoms with Crippen molar-refractivity contribution in [1.82, 2.24) is 10.2 Å². The summed E-state index contributed by atoms with van der Waals surface area (Å²) in [4.78, 5) is 14.5. The van der Waals surface area contributed by atoms with Crippen LogP contribution in [0.1, 0.15) is 32.3 Å². The van der Waals surface area contributed by atoms with Crippen LogP contribution in [0.4, 0.5) is 0 Å². The van der Waals surface area contributed by atoms with Crippen LogP contribution in [-0.2, 0) is 16.1 Å². The summed E-state index contributed by atoms with van der Waals surface area (Å²) in [6.45, 7) is 9.32. The Kier molecular flexibility index (Phi) is 7.68. The number of benzene rings is 1. The highest BCUT2D eigenvalue weighted by Gasteiger charge is 2.26. The van der Waals surface area contributed by atoms with E-state index >= 15 is 0 Å². The van der Waals surface area contributed by atoms with Crippen LogP contribution >= 0.6 is 0 Å². The molecule has 1 unspecified atom stereocenters. The van der Waals surface area contributed by atoms with E-state index in [1.165, 1.54) is 0 Å². The van der Waals surface area contributed by atoms with Crippen molar-refractivity contribution in [3.8, 4) is 5.75 Å². The van der Waals surface area contributed by atoms with E-state index in [1.54, 1.807) is 6.92 Å². The second kappa shape index (κ2) is 9.75. The Balaban J connectivity index is 1.77. The van der Waals surface area contributed by atoms with Crippen LogP contribution in [0.3, 0.4) is 0 Å². The first kappa shape index (κ1) is 19.7. The number of carbonyl (C=O) groups is 1. The van der Waals surface area contributed by atoms with Crippen LogP contribution in [0.25, 0.3) is 0 Å². The van der Waals surface area contributed by atoms with Crippen LogP contribution < -0.4 is 15.8 Å². The minimum atomic E-state index is -0.818. The first-order valence-corrected chi connectivity index (χ1v) is 9.10. The van der Waals surface area contributed by atoms with Gasteiger partial charge in [-0.15, -0.1) is 0 Å². The molecule has 3 N–H and O–H groups in total. The van der Waals surface area contributed by atoms with Gasteiger partial charge in [0.05, 0.1) is 18.8 Å². The number of nitrogens with two attached hydrogens (primary N) is 1. The molecule has 6 nitrogen and oxygen atoms in total. The van der Waals surface area contributed by atoms with Gasteiger partial charge in [0.1, 0.15) is 12.4 Å². The van der Waals surface area contributed by atoms with Gasteiger partial charge in [0, 0.05) is 26.2 Å². The number of amides is 1. The number of rotatable bonds is 9. The van der Waals surface area contributed by atoms with Gasteiger partial charge in [-0.25, -0.2) is 0 Å². The first-order chi connectivity index (χ1) is 12.0. The zero-order chi connectivity index (χ0) is 18.1. The van der Waals surface area contributed by atoms with Crippen molar-refractivity contribution in [3.63, 3.8) is 0 Å². The fourth-order valence-electron chi connectivity index (χ4n) is 2.88. The van der Waals surface area contributed by atoms with Crippen LogP contribution in [0, 0.1) is 0 Å². The zero-order valence-corrected chi connectivity index (χ0v) is 15.4. The van der Waals surface area contributed by atoms with Gasteiger partial charge in [0.2, 0.25) is 5.91 Å². The molecule has 0 bridgehead atoms. The van der Waals surface area contributed by atoms with Crippen molar-refractivity contribution in [1.29, 1.82) is 0 Å². The number of morpholine rings is 1. The highest BCUT2D eigenvalue weighted by Crippen LogP contribution is 2.14. The normalized spacial score (nSPS) is 17.7. The van der Waals surface area contributed by atoms with E-state index in [9.17, 15) is 4.79 Å². The smallest absolute Gasteiger partial charge is 0.240 e. The SMILES string of the molecule is CCCC(C)(N)C(=O)NCc1cccc(OCCN2CCOCC2)c1. The Bertz CT molecular complexity index is 542. The third kappa shape index (κ3) is 6.65. The van der Waals surface area contributed by atoms with Gasteiger partial charge < -0.3 is 20.5 Å². The number of ether oxygens (including phenoxy) is 2. The van der Waals surface area contributed by atoms with E-state index in [1.807, 2.05) is 31.2 Å². The quantitative estimate of drug-likeness (QED) is 0.707. The van der Waals surface area contributed by atoms with E-state index in [2.05, 4.69) is 10.2 Å². The number of hydrogen-bond acceptors (Lipinski definition) is 5. The van der Waals surface area contributed by atoms with E-state index in [0.717, 1.165) is 50.6 Å². The predicted octanol–water partition coefficient (Wildman–Crippen LogP) is 1.53. The molecule has 25 heavy (non-hydrogen) atoms. The summed E-state index contributed by atoms with van der Waals surface area (Å²) in [5, 5.41) is 2.92. The molecule has 0 aliphatic carbocycles. The highest BCUT2D eigenvalue weighted by molar-refractivity contribution is 5.85. The fraction of sp³-hybridized carbons (Fsp3) is 0.632. The molecule has 0 spiro atoms. The zero-order valence-electron chi connectivity index (χ0n) is 15.4. The first-order valence-electron chi connectivity index (χ1n) is 9.10. The van der Waals surface area contributed by atoms with Crippen molar-refractivity contribution in [3.05, 3.63) is 29.8 Å². The van der Waals surface area contributed by atoms with Crippen LogP contribution in [0.5, 0.6) is 5.75 Å². The molecule has 1 aromatic carbocycles. The summed E-state index contributed by atoms with van der Waals surface area (Å²) in [6.07, 6.45) is 1.55. The van der Waals surface area contributed by atoms with Crippen LogP contribution in [0.2, 0.25) is 0 Å². The van der Waals surface area contributed by atoms with E-state index < -0.39 is 5.54 Å². The van der Waals surface area contributed by atoms with Gasteiger partial charge >= 0.3 is 0 Å². The molecule has 1 aromatic rings. The lowest BCUT2D eigenvalue weighted by Crippen LogP contribution is -2.51. The lowest BCUT2D eigenvalue weighted by molar-refractivity contribution is -0.126. The molecular formula is C19H31N3O3. The molecule has 1 aliphatic heterocycles. The fourth-order valence-corrected chi connectivity index (χ4v) is 2.88. The molecule has 140 valence electrons. The van der Waals surface area contributed by atoms with E-state index in [-0.39, 0.29) is 5.91 Å². The van der Waals surface area contributed by atoms with Crippen molar-refractivity contribution >= 4 is 5.91 Å². The lowest BCUT2D eigenvalue weighted by atomic mass is 9.96. The third-order valence-electron chi connectivity index (χ3n) is 4.42. The minimum absolute atomic E-state index is 0.118. The number of nitrogens with zero attached hydrogens (tertiary/aromatic N) is 1. The van der Waals surface area contributed by atoms with Crippen molar-refractivity contribution < 1.29 is 14.3 Å². The van der Waals surface area contributed by atoms with E-state index in [4.69, 9.17) is 15.2 Å². The van der Waals surface area contributed by atoms with Gasteiger partial charge in [0.25, 0.3) is 0 Å². The molecular weight excluding hydrogens is 318 g/mol. The molecule has 2 rings (SSSR count). The molecule has 1 fully saturated rings. The summed E-state index contributed by atoms with van der Waals surface area (Å²) in [6, 6.07) is 7.82. The van der Waals surface area contributed by atoms with Gasteiger partial charge in [-0.05, 0) is 31.0 Å². The van der Waals surface area contributed by atoms with Gasteiger partial charge in [0.15, 0.2) is 0 Å². The Labute approximate surface area is 150 Å². The summed E-state index contributed by atoms with van der Waals surface area (Å²) in [7, 11) is 0. The van der Waals surface area contributed by atoms with E-state index in [0.29, 0.717) is 19.6 Å². The molecule has 0 aromatic heterocycles. The maximum atomic E-state index is 12.2. The van der Waals surface area contributed by atoms with Gasteiger partial charge in [-0.3, -0.25) is 9.69 Å². The number of nitrogens with one attached hydrogen (secondary N) is 1. The standard InChI is InChI=1S/C19H31N3O3/c1-3-7-19(2,20)18(23)21-15-16-5-4-6-17(14-16)25-13-10-22-8-11-24-12-9-22/h4-6,14H,3,7-13,15,20H2,1-2H3,(H,21,23). The molecule has 0 saturated carbocycles. The molecule has 1 heterocycles. The average Bonchev–Trinajstić information content (AvgIpc) is 2.61. The van der Waals surface area contributed by atoms with Crippen molar-refractivity contribution in [2.75, 3.05) is 39.5 Å². The molecule has 1 aliphatic rings. The summed E-state index contributed by atoms with van der Waals surface area (Å²) in [5.41, 5.74) is 6.24. The molecule has 6 heteroatoms. The largest absolute Gasteiger partial charge is 0.492 e.